The molecule has 0 spiro atoms. The Morgan fingerprint density at radius 3 is 2.67 bits per heavy atom. The monoisotopic (exact) mass is 170 g/mol. The lowest BCUT2D eigenvalue weighted by molar-refractivity contribution is 0.0395. The molecule has 12 heavy (non-hydrogen) atoms. The van der Waals surface area contributed by atoms with Crippen LogP contribution in [0.4, 0.5) is 0 Å². The van der Waals surface area contributed by atoms with E-state index in [9.17, 15) is 0 Å². The van der Waals surface area contributed by atoms with Crippen LogP contribution in [0.25, 0.3) is 0 Å². The Balaban J connectivity index is 1.85. The van der Waals surface area contributed by atoms with Gasteiger partial charge in [0.1, 0.15) is 0 Å². The van der Waals surface area contributed by atoms with Crippen LogP contribution in [0.5, 0.6) is 0 Å². The van der Waals surface area contributed by atoms with Crippen LogP contribution in [-0.2, 0) is 4.84 Å². The molecule has 3 heteroatoms. The quantitative estimate of drug-likeness (QED) is 0.639. The number of nitrogens with zero attached hydrogens (tertiary/aromatic N) is 1. The van der Waals surface area contributed by atoms with Crippen LogP contribution in [-0.4, -0.2) is 30.1 Å². The van der Waals surface area contributed by atoms with E-state index in [0.29, 0.717) is 6.04 Å². The molecular formula is C9H18N2O. The van der Waals surface area contributed by atoms with Gasteiger partial charge in [0, 0.05) is 12.1 Å². The summed E-state index contributed by atoms with van der Waals surface area (Å²) < 4.78 is 0. The highest BCUT2D eigenvalue weighted by Crippen LogP contribution is 2.31. The molecule has 1 atom stereocenters. The Hall–Kier alpha value is -0.120. The van der Waals surface area contributed by atoms with Crippen molar-refractivity contribution in [1.29, 1.82) is 0 Å². The topological polar surface area (TPSA) is 38.5 Å². The fourth-order valence-corrected chi connectivity index (χ4v) is 2.35. The van der Waals surface area contributed by atoms with Gasteiger partial charge in [0.2, 0.25) is 0 Å². The molecule has 3 nitrogen and oxygen atoms in total. The second-order valence-electron chi connectivity index (χ2n) is 3.95. The number of hydrogen-bond acceptors (Lipinski definition) is 3. The van der Waals surface area contributed by atoms with Crippen molar-refractivity contribution >= 4 is 0 Å². The lowest BCUT2D eigenvalue weighted by Crippen LogP contribution is -2.45. The summed E-state index contributed by atoms with van der Waals surface area (Å²) in [5.41, 5.74) is 0. The average molecular weight is 170 g/mol. The second kappa shape index (κ2) is 3.73. The normalized spacial score (nSPS) is 32.2. The zero-order chi connectivity index (χ0) is 8.39. The van der Waals surface area contributed by atoms with Crippen LogP contribution in [0.2, 0.25) is 0 Å². The Morgan fingerprint density at radius 1 is 1.25 bits per heavy atom. The summed E-state index contributed by atoms with van der Waals surface area (Å²) in [6.45, 7) is 1.98. The van der Waals surface area contributed by atoms with Crippen LogP contribution < -0.4 is 5.90 Å². The highest BCUT2D eigenvalue weighted by atomic mass is 16.6. The molecule has 0 aromatic carbocycles. The number of hydrogen-bond donors (Lipinski definition) is 1. The van der Waals surface area contributed by atoms with Crippen LogP contribution >= 0.6 is 0 Å². The predicted molar refractivity (Wildman–Crippen MR) is 47.5 cm³/mol. The number of rotatable bonds is 3. The van der Waals surface area contributed by atoms with Gasteiger partial charge >= 0.3 is 0 Å². The van der Waals surface area contributed by atoms with Gasteiger partial charge in [0.05, 0.1) is 6.61 Å². The molecule has 2 rings (SSSR count). The third-order valence-electron chi connectivity index (χ3n) is 3.26. The van der Waals surface area contributed by atoms with Crippen molar-refractivity contribution in [3.8, 4) is 0 Å². The van der Waals surface area contributed by atoms with E-state index in [4.69, 9.17) is 10.7 Å². The number of nitrogens with two attached hydrogens (primary N) is 1. The summed E-state index contributed by atoms with van der Waals surface area (Å²) in [5.74, 6) is 5.10. The van der Waals surface area contributed by atoms with Crippen molar-refractivity contribution in [3.63, 3.8) is 0 Å². The molecule has 1 heterocycles. The van der Waals surface area contributed by atoms with Crippen molar-refractivity contribution in [2.24, 2.45) is 5.90 Å². The highest BCUT2D eigenvalue weighted by Gasteiger charge is 2.33. The smallest absolute Gasteiger partial charge is 0.0834 e. The third-order valence-corrected chi connectivity index (χ3v) is 3.26. The predicted octanol–water partition coefficient (Wildman–Crippen LogP) is 0.894. The maximum Gasteiger partial charge on any atom is 0.0834 e. The summed E-state index contributed by atoms with van der Waals surface area (Å²) in [5, 5.41) is 0. The Bertz CT molecular complexity index is 147. The molecule has 70 valence electrons. The third kappa shape index (κ3) is 1.49. The fourth-order valence-electron chi connectivity index (χ4n) is 2.35. The summed E-state index contributed by atoms with van der Waals surface area (Å²) >= 11 is 0. The van der Waals surface area contributed by atoms with Crippen molar-refractivity contribution < 1.29 is 4.84 Å². The van der Waals surface area contributed by atoms with E-state index in [2.05, 4.69) is 4.90 Å². The first-order valence-electron chi connectivity index (χ1n) is 4.99. The van der Waals surface area contributed by atoms with Crippen LogP contribution in [0, 0.1) is 0 Å². The van der Waals surface area contributed by atoms with Gasteiger partial charge in [0.15, 0.2) is 0 Å². The van der Waals surface area contributed by atoms with Crippen molar-refractivity contribution in [1.82, 2.24) is 4.90 Å². The molecule has 0 radical (unpaired) electrons. The molecule has 1 aliphatic heterocycles. The van der Waals surface area contributed by atoms with Crippen LogP contribution in [0.15, 0.2) is 0 Å². The molecule has 1 unspecified atom stereocenters. The van der Waals surface area contributed by atoms with E-state index in [1.165, 1.54) is 38.6 Å². The van der Waals surface area contributed by atoms with Gasteiger partial charge in [-0.3, -0.25) is 4.90 Å². The van der Waals surface area contributed by atoms with Gasteiger partial charge in [0.25, 0.3) is 0 Å². The molecule has 2 fully saturated rings. The molecule has 0 aromatic heterocycles. The molecule has 0 aromatic rings. The lowest BCUT2D eigenvalue weighted by Gasteiger charge is -2.38. The Morgan fingerprint density at radius 2 is 2.08 bits per heavy atom. The van der Waals surface area contributed by atoms with E-state index >= 15 is 0 Å². The summed E-state index contributed by atoms with van der Waals surface area (Å²) in [4.78, 5) is 7.33. The van der Waals surface area contributed by atoms with Crippen LogP contribution in [0.3, 0.4) is 0 Å². The molecule has 1 saturated carbocycles. The number of likely N-dealkylation sites (tertiary alicyclic amines) is 1. The largest absolute Gasteiger partial charge is 0.303 e. The van der Waals surface area contributed by atoms with Crippen molar-refractivity contribution in [2.75, 3.05) is 13.2 Å². The minimum atomic E-state index is 0.611. The first-order chi connectivity index (χ1) is 5.92. The molecule has 0 bridgehead atoms. The summed E-state index contributed by atoms with van der Waals surface area (Å²) in [7, 11) is 0. The standard InChI is InChI=1S/C9H18N2O/c10-12-7-9-5-2-6-11(9)8-3-1-4-8/h8-9H,1-7,10H2. The van der Waals surface area contributed by atoms with Crippen LogP contribution in [0.1, 0.15) is 32.1 Å². The molecule has 2 aliphatic rings. The summed E-state index contributed by atoms with van der Waals surface area (Å²) in [6, 6.07) is 1.47. The zero-order valence-corrected chi connectivity index (χ0v) is 7.54. The second-order valence-corrected chi connectivity index (χ2v) is 3.95. The average Bonchev–Trinajstić information content (AvgIpc) is 2.35. The van der Waals surface area contributed by atoms with Gasteiger partial charge in [-0.15, -0.1) is 0 Å². The Labute approximate surface area is 73.8 Å². The minimum absolute atomic E-state index is 0.611. The van der Waals surface area contributed by atoms with E-state index in [1.807, 2.05) is 0 Å². The first kappa shape index (κ1) is 8.48. The minimum Gasteiger partial charge on any atom is -0.303 e. The first-order valence-corrected chi connectivity index (χ1v) is 4.99. The van der Waals surface area contributed by atoms with Gasteiger partial charge in [-0.1, -0.05) is 6.42 Å². The Kier molecular flexibility index (Phi) is 2.63. The molecule has 1 saturated heterocycles. The molecular weight excluding hydrogens is 152 g/mol. The fraction of sp³-hybridized carbons (Fsp3) is 1.00. The molecule has 2 N–H and O–H groups in total. The summed E-state index contributed by atoms with van der Waals surface area (Å²) in [6.07, 6.45) is 6.79. The van der Waals surface area contributed by atoms with Gasteiger partial charge in [-0.05, 0) is 32.2 Å². The maximum absolute atomic E-state index is 5.10. The van der Waals surface area contributed by atoms with E-state index < -0.39 is 0 Å². The molecule has 0 amide bonds. The van der Waals surface area contributed by atoms with Crippen molar-refractivity contribution in [3.05, 3.63) is 0 Å². The SMILES string of the molecule is NOCC1CCCN1C1CCC1. The van der Waals surface area contributed by atoms with Gasteiger partial charge in [-0.2, -0.15) is 0 Å². The van der Waals surface area contributed by atoms with E-state index in [-0.39, 0.29) is 0 Å². The van der Waals surface area contributed by atoms with E-state index in [0.717, 1.165) is 12.6 Å². The van der Waals surface area contributed by atoms with E-state index in [1.54, 1.807) is 0 Å². The lowest BCUT2D eigenvalue weighted by atomic mass is 9.91. The maximum atomic E-state index is 5.10. The van der Waals surface area contributed by atoms with Crippen molar-refractivity contribution in [2.45, 2.75) is 44.2 Å². The van der Waals surface area contributed by atoms with Gasteiger partial charge < -0.3 is 4.84 Å². The molecule has 1 aliphatic carbocycles. The van der Waals surface area contributed by atoms with Gasteiger partial charge in [-0.25, -0.2) is 5.90 Å². The zero-order valence-electron chi connectivity index (χ0n) is 7.54. The highest BCUT2D eigenvalue weighted by molar-refractivity contribution is 4.88.